The number of hydrogen-bond donors (Lipinski definition) is 1. The van der Waals surface area contributed by atoms with Gasteiger partial charge in [-0.05, 0) is 49.2 Å². The quantitative estimate of drug-likeness (QED) is 0.712. The van der Waals surface area contributed by atoms with Crippen LogP contribution in [0, 0.1) is 12.8 Å². The van der Waals surface area contributed by atoms with Gasteiger partial charge in [-0.15, -0.1) is 0 Å². The van der Waals surface area contributed by atoms with Crippen molar-refractivity contribution in [2.45, 2.75) is 33.1 Å². The Kier molecular flexibility index (Phi) is 7.38. The minimum absolute atomic E-state index is 0.310. The molecule has 0 aliphatic rings. The van der Waals surface area contributed by atoms with Gasteiger partial charge in [0.2, 0.25) is 0 Å². The summed E-state index contributed by atoms with van der Waals surface area (Å²) < 4.78 is 0. The lowest BCUT2D eigenvalue weighted by Gasteiger charge is -2.14. The Hall–Kier alpha value is -0.470. The first-order valence-corrected chi connectivity index (χ1v) is 7.66. The number of aryl methyl sites for hydroxylation is 1. The molecule has 0 aliphatic heterocycles. The molecule has 0 aliphatic carbocycles. The first-order chi connectivity index (χ1) is 8.26. The summed E-state index contributed by atoms with van der Waals surface area (Å²) in [5.74, 6) is 2.84. The van der Waals surface area contributed by atoms with Crippen molar-refractivity contribution in [2.24, 2.45) is 5.92 Å². The largest absolute Gasteiger partial charge is 0.396 e. The van der Waals surface area contributed by atoms with E-state index in [1.807, 2.05) is 11.8 Å². The molecule has 1 N–H and O–H groups in total. The van der Waals surface area contributed by atoms with Crippen LogP contribution >= 0.6 is 11.8 Å². The first kappa shape index (κ1) is 14.6. The molecule has 1 aromatic carbocycles. The number of rotatable bonds is 8. The molecule has 1 atom stereocenters. The molecule has 0 heterocycles. The maximum Gasteiger partial charge on any atom is 0.0462 e. The smallest absolute Gasteiger partial charge is 0.0462 e. The Balaban J connectivity index is 2.35. The monoisotopic (exact) mass is 252 g/mol. The number of hydrogen-bond acceptors (Lipinski definition) is 2. The molecule has 1 aromatic rings. The molecule has 0 aromatic heterocycles. The van der Waals surface area contributed by atoms with E-state index in [1.165, 1.54) is 29.1 Å². The van der Waals surface area contributed by atoms with Gasteiger partial charge in [-0.25, -0.2) is 0 Å². The Labute approximate surface area is 110 Å². The lowest BCUT2D eigenvalue weighted by atomic mass is 9.95. The van der Waals surface area contributed by atoms with Crippen LogP contribution in [0.1, 0.15) is 30.9 Å². The van der Waals surface area contributed by atoms with E-state index in [0.717, 1.165) is 12.8 Å². The third-order valence-electron chi connectivity index (χ3n) is 2.97. The molecule has 1 nitrogen and oxygen atoms in total. The zero-order valence-electron chi connectivity index (χ0n) is 11.0. The standard InChI is InChI=1S/C15H24OS/c1-3-17-9-5-8-15(12-16)11-14-7-4-6-13(2)10-14/h4,6-7,10,15-16H,3,5,8-9,11-12H2,1-2H3. The average Bonchev–Trinajstić information content (AvgIpc) is 2.33. The molecule has 2 heteroatoms. The van der Waals surface area contributed by atoms with E-state index < -0.39 is 0 Å². The van der Waals surface area contributed by atoms with Crippen molar-refractivity contribution in [1.82, 2.24) is 0 Å². The van der Waals surface area contributed by atoms with Gasteiger partial charge in [-0.3, -0.25) is 0 Å². The van der Waals surface area contributed by atoms with Gasteiger partial charge in [0, 0.05) is 6.61 Å². The molecule has 0 spiro atoms. The fourth-order valence-corrected chi connectivity index (χ4v) is 2.71. The van der Waals surface area contributed by atoms with Gasteiger partial charge < -0.3 is 5.11 Å². The highest BCUT2D eigenvalue weighted by molar-refractivity contribution is 7.99. The highest BCUT2D eigenvalue weighted by Crippen LogP contribution is 2.16. The third kappa shape index (κ3) is 6.13. The number of thioether (sulfide) groups is 1. The van der Waals surface area contributed by atoms with Crippen molar-refractivity contribution >= 4 is 11.8 Å². The van der Waals surface area contributed by atoms with Crippen LogP contribution in [0.15, 0.2) is 24.3 Å². The highest BCUT2D eigenvalue weighted by atomic mass is 32.2. The Morgan fingerprint density at radius 1 is 1.35 bits per heavy atom. The van der Waals surface area contributed by atoms with Crippen LogP contribution in [0.25, 0.3) is 0 Å². The Morgan fingerprint density at radius 3 is 2.82 bits per heavy atom. The van der Waals surface area contributed by atoms with E-state index in [4.69, 9.17) is 0 Å². The van der Waals surface area contributed by atoms with Crippen molar-refractivity contribution in [3.8, 4) is 0 Å². The minimum Gasteiger partial charge on any atom is -0.396 e. The van der Waals surface area contributed by atoms with Gasteiger partial charge in [0.05, 0.1) is 0 Å². The maximum atomic E-state index is 9.41. The summed E-state index contributed by atoms with van der Waals surface area (Å²) in [6, 6.07) is 8.61. The van der Waals surface area contributed by atoms with Crippen LogP contribution in [-0.4, -0.2) is 23.2 Å². The van der Waals surface area contributed by atoms with Gasteiger partial charge >= 0.3 is 0 Å². The number of aliphatic hydroxyl groups is 1. The van der Waals surface area contributed by atoms with E-state index in [9.17, 15) is 5.11 Å². The fourth-order valence-electron chi connectivity index (χ4n) is 2.05. The molecule has 0 saturated carbocycles. The van der Waals surface area contributed by atoms with Gasteiger partial charge in [0.1, 0.15) is 0 Å². The fraction of sp³-hybridized carbons (Fsp3) is 0.600. The lowest BCUT2D eigenvalue weighted by Crippen LogP contribution is -2.10. The van der Waals surface area contributed by atoms with Gasteiger partial charge in [0.15, 0.2) is 0 Å². The van der Waals surface area contributed by atoms with Gasteiger partial charge in [0.25, 0.3) is 0 Å². The highest BCUT2D eigenvalue weighted by Gasteiger charge is 2.08. The average molecular weight is 252 g/mol. The van der Waals surface area contributed by atoms with Crippen LogP contribution in [-0.2, 0) is 6.42 Å². The van der Waals surface area contributed by atoms with Crippen LogP contribution in [0.3, 0.4) is 0 Å². The normalized spacial score (nSPS) is 12.6. The van der Waals surface area contributed by atoms with Crippen molar-refractivity contribution in [1.29, 1.82) is 0 Å². The van der Waals surface area contributed by atoms with Crippen LogP contribution in [0.2, 0.25) is 0 Å². The summed E-state index contributed by atoms with van der Waals surface area (Å²) in [4.78, 5) is 0. The second-order valence-corrected chi connectivity index (χ2v) is 5.97. The van der Waals surface area contributed by atoms with Crippen molar-refractivity contribution in [2.75, 3.05) is 18.1 Å². The van der Waals surface area contributed by atoms with Crippen molar-refractivity contribution in [3.05, 3.63) is 35.4 Å². The van der Waals surface area contributed by atoms with Gasteiger partial charge in [-0.1, -0.05) is 36.8 Å². The summed E-state index contributed by atoms with van der Waals surface area (Å²) >= 11 is 1.99. The molecule has 1 unspecified atom stereocenters. The molecular weight excluding hydrogens is 228 g/mol. The predicted octanol–water partition coefficient (Wildman–Crippen LogP) is 3.68. The van der Waals surface area contributed by atoms with Crippen molar-refractivity contribution < 1.29 is 5.11 Å². The zero-order valence-corrected chi connectivity index (χ0v) is 11.8. The summed E-state index contributed by atoms with van der Waals surface area (Å²) in [5.41, 5.74) is 2.66. The van der Waals surface area contributed by atoms with Crippen LogP contribution in [0.5, 0.6) is 0 Å². The number of aliphatic hydroxyl groups excluding tert-OH is 1. The summed E-state index contributed by atoms with van der Waals surface area (Å²) in [6.45, 7) is 4.63. The molecule has 17 heavy (non-hydrogen) atoms. The summed E-state index contributed by atoms with van der Waals surface area (Å²) in [5, 5.41) is 9.41. The third-order valence-corrected chi connectivity index (χ3v) is 3.96. The molecule has 1 rings (SSSR count). The maximum absolute atomic E-state index is 9.41. The van der Waals surface area contributed by atoms with E-state index in [1.54, 1.807) is 0 Å². The predicted molar refractivity (Wildman–Crippen MR) is 77.7 cm³/mol. The molecule has 0 radical (unpaired) electrons. The van der Waals surface area contributed by atoms with Crippen LogP contribution in [0.4, 0.5) is 0 Å². The molecule has 0 saturated heterocycles. The Bertz CT molecular complexity index is 312. The zero-order chi connectivity index (χ0) is 12.5. The molecule has 96 valence electrons. The SMILES string of the molecule is CCSCCCC(CO)Cc1cccc(C)c1. The van der Waals surface area contributed by atoms with E-state index in [0.29, 0.717) is 12.5 Å². The van der Waals surface area contributed by atoms with E-state index >= 15 is 0 Å². The molecule has 0 fully saturated rings. The van der Waals surface area contributed by atoms with Crippen molar-refractivity contribution in [3.63, 3.8) is 0 Å². The first-order valence-electron chi connectivity index (χ1n) is 6.50. The lowest BCUT2D eigenvalue weighted by molar-refractivity contribution is 0.217. The molecule has 0 amide bonds. The number of benzene rings is 1. The summed E-state index contributed by atoms with van der Waals surface area (Å²) in [7, 11) is 0. The summed E-state index contributed by atoms with van der Waals surface area (Å²) in [6.07, 6.45) is 3.36. The second kappa shape index (κ2) is 8.60. The van der Waals surface area contributed by atoms with E-state index in [2.05, 4.69) is 38.1 Å². The van der Waals surface area contributed by atoms with Crippen LogP contribution < -0.4 is 0 Å². The van der Waals surface area contributed by atoms with E-state index in [-0.39, 0.29) is 0 Å². The minimum atomic E-state index is 0.310. The molecular formula is C15H24OS. The van der Waals surface area contributed by atoms with Gasteiger partial charge in [-0.2, -0.15) is 11.8 Å². The second-order valence-electron chi connectivity index (χ2n) is 4.58. The topological polar surface area (TPSA) is 20.2 Å². The molecule has 0 bridgehead atoms. The Morgan fingerprint density at radius 2 is 2.18 bits per heavy atom.